The number of hydrogen-bond donors (Lipinski definition) is 1. The number of benzene rings is 1. The molecular weight excluding hydrogens is 469 g/mol. The summed E-state index contributed by atoms with van der Waals surface area (Å²) in [6.07, 6.45) is 5.21. The van der Waals surface area contributed by atoms with Gasteiger partial charge >= 0.3 is 0 Å². The highest BCUT2D eigenvalue weighted by Crippen LogP contribution is 2.26. The number of aryl methyl sites for hydroxylation is 1. The van der Waals surface area contributed by atoms with Crippen molar-refractivity contribution >= 4 is 29.9 Å². The number of guanidine groups is 1. The number of likely N-dealkylation sites (tertiary alicyclic amines) is 1. The Hall–Kier alpha value is -1.97. The Morgan fingerprint density at radius 1 is 1.32 bits per heavy atom. The summed E-state index contributed by atoms with van der Waals surface area (Å²) in [5, 5.41) is 7.73. The number of hydrogen-bond acceptors (Lipinski definition) is 4. The van der Waals surface area contributed by atoms with Crippen molar-refractivity contribution < 1.29 is 9.47 Å². The molecule has 8 heteroatoms. The lowest BCUT2D eigenvalue weighted by Crippen LogP contribution is -2.43. The fourth-order valence-corrected chi connectivity index (χ4v) is 3.37. The molecule has 2 heterocycles. The van der Waals surface area contributed by atoms with E-state index in [1.165, 1.54) is 5.56 Å². The van der Waals surface area contributed by atoms with Gasteiger partial charge in [0.05, 0.1) is 19.9 Å². The Morgan fingerprint density at radius 3 is 2.64 bits per heavy atom. The maximum absolute atomic E-state index is 5.96. The average Bonchev–Trinajstić information content (AvgIpc) is 3.32. The Bertz CT molecular complexity index is 762. The first kappa shape index (κ1) is 22.3. The number of aromatic nitrogens is 2. The normalized spacial score (nSPS) is 17.8. The maximum Gasteiger partial charge on any atom is 0.193 e. The third kappa shape index (κ3) is 5.76. The fourth-order valence-electron chi connectivity index (χ4n) is 3.37. The lowest BCUT2D eigenvalue weighted by molar-refractivity contribution is 0.222. The molecule has 0 bridgehead atoms. The summed E-state index contributed by atoms with van der Waals surface area (Å²) in [5.74, 6) is 3.08. The predicted molar refractivity (Wildman–Crippen MR) is 122 cm³/mol. The number of rotatable bonds is 6. The van der Waals surface area contributed by atoms with Crippen LogP contribution in [-0.4, -0.2) is 60.5 Å². The van der Waals surface area contributed by atoms with Crippen LogP contribution in [0.5, 0.6) is 11.5 Å². The molecule has 1 fully saturated rings. The lowest BCUT2D eigenvalue weighted by atomic mass is 10.0. The van der Waals surface area contributed by atoms with Crippen LogP contribution in [0.2, 0.25) is 0 Å². The van der Waals surface area contributed by atoms with E-state index in [1.807, 2.05) is 56.2 Å². The molecule has 0 radical (unpaired) electrons. The van der Waals surface area contributed by atoms with Gasteiger partial charge in [-0.25, -0.2) is 0 Å². The molecular formula is C20H30IN5O2. The number of halogens is 1. The zero-order chi connectivity index (χ0) is 19.2. The summed E-state index contributed by atoms with van der Waals surface area (Å²) in [5.41, 5.74) is 1.30. The van der Waals surface area contributed by atoms with E-state index in [1.54, 1.807) is 7.11 Å². The highest BCUT2D eigenvalue weighted by molar-refractivity contribution is 14.0. The van der Waals surface area contributed by atoms with Crippen LogP contribution in [0.3, 0.4) is 0 Å². The molecule has 2 aromatic rings. The molecule has 1 aromatic heterocycles. The second-order valence-corrected chi connectivity index (χ2v) is 6.91. The Labute approximate surface area is 184 Å². The molecule has 154 valence electrons. The van der Waals surface area contributed by atoms with Crippen LogP contribution in [0.25, 0.3) is 0 Å². The number of methoxy groups -OCH3 is 1. The molecule has 1 saturated heterocycles. The van der Waals surface area contributed by atoms with Gasteiger partial charge in [0.1, 0.15) is 17.6 Å². The molecule has 2 atom stereocenters. The number of nitrogens with zero attached hydrogens (tertiary/aromatic N) is 4. The molecule has 1 N–H and O–H groups in total. The minimum absolute atomic E-state index is 0. The lowest BCUT2D eigenvalue weighted by Gasteiger charge is -2.23. The van der Waals surface area contributed by atoms with Gasteiger partial charge in [0.15, 0.2) is 5.96 Å². The summed E-state index contributed by atoms with van der Waals surface area (Å²) in [7, 11) is 5.45. The third-order valence-corrected chi connectivity index (χ3v) is 4.84. The first-order valence-corrected chi connectivity index (χ1v) is 9.34. The molecule has 1 aliphatic heterocycles. The van der Waals surface area contributed by atoms with Crippen LogP contribution in [0.15, 0.2) is 41.7 Å². The molecule has 0 saturated carbocycles. The van der Waals surface area contributed by atoms with E-state index in [0.717, 1.165) is 37.0 Å². The van der Waals surface area contributed by atoms with Gasteiger partial charge in [-0.15, -0.1) is 24.0 Å². The maximum atomic E-state index is 5.96. The van der Waals surface area contributed by atoms with Gasteiger partial charge in [0, 0.05) is 39.3 Å². The van der Waals surface area contributed by atoms with E-state index in [2.05, 4.69) is 26.5 Å². The summed E-state index contributed by atoms with van der Waals surface area (Å²) in [6.45, 7) is 4.69. The standard InChI is InChI=1S/C20H29N5O2.HI/c1-15(27-19-7-5-18(26-4)6-8-19)11-22-20(21-2)25-10-9-16(14-25)17-12-23-24(3)13-17;/h5-8,12-13,15-16H,9-11,14H2,1-4H3,(H,21,22);1H. The molecule has 2 unspecified atom stereocenters. The number of nitrogens with one attached hydrogen (secondary N) is 1. The number of aliphatic imine (C=N–C) groups is 1. The first-order chi connectivity index (χ1) is 13.1. The van der Waals surface area contributed by atoms with Crippen molar-refractivity contribution in [2.75, 3.05) is 33.8 Å². The van der Waals surface area contributed by atoms with Crippen molar-refractivity contribution in [2.45, 2.75) is 25.4 Å². The minimum Gasteiger partial charge on any atom is -0.497 e. The van der Waals surface area contributed by atoms with Gasteiger partial charge < -0.3 is 19.7 Å². The van der Waals surface area contributed by atoms with Gasteiger partial charge in [-0.05, 0) is 43.2 Å². The van der Waals surface area contributed by atoms with E-state index in [-0.39, 0.29) is 30.1 Å². The second-order valence-electron chi connectivity index (χ2n) is 6.91. The van der Waals surface area contributed by atoms with E-state index < -0.39 is 0 Å². The van der Waals surface area contributed by atoms with Crippen LogP contribution in [-0.2, 0) is 7.05 Å². The summed E-state index contributed by atoms with van der Waals surface area (Å²) >= 11 is 0. The molecule has 1 aliphatic rings. The topological polar surface area (TPSA) is 63.9 Å². The van der Waals surface area contributed by atoms with Gasteiger partial charge in [0.2, 0.25) is 0 Å². The molecule has 3 rings (SSSR count). The minimum atomic E-state index is 0. The quantitative estimate of drug-likeness (QED) is 0.377. The van der Waals surface area contributed by atoms with Crippen LogP contribution in [0.1, 0.15) is 24.8 Å². The van der Waals surface area contributed by atoms with Crippen molar-refractivity contribution in [2.24, 2.45) is 12.0 Å². The molecule has 0 spiro atoms. The van der Waals surface area contributed by atoms with E-state index in [4.69, 9.17) is 9.47 Å². The predicted octanol–water partition coefficient (Wildman–Crippen LogP) is 2.88. The molecule has 28 heavy (non-hydrogen) atoms. The van der Waals surface area contributed by atoms with Crippen LogP contribution >= 0.6 is 24.0 Å². The smallest absolute Gasteiger partial charge is 0.193 e. The summed E-state index contributed by atoms with van der Waals surface area (Å²) in [4.78, 5) is 6.75. The van der Waals surface area contributed by atoms with E-state index in [9.17, 15) is 0 Å². The number of ether oxygens (including phenoxy) is 2. The fraction of sp³-hybridized carbons (Fsp3) is 0.500. The molecule has 0 aliphatic carbocycles. The Kier molecular flexibility index (Phi) is 8.40. The monoisotopic (exact) mass is 499 g/mol. The van der Waals surface area contributed by atoms with E-state index in [0.29, 0.717) is 12.5 Å². The van der Waals surface area contributed by atoms with Crippen LogP contribution in [0, 0.1) is 0 Å². The highest BCUT2D eigenvalue weighted by atomic mass is 127. The second kappa shape index (κ2) is 10.5. The van der Waals surface area contributed by atoms with Gasteiger partial charge in [-0.1, -0.05) is 0 Å². The third-order valence-electron chi connectivity index (χ3n) is 4.84. The van der Waals surface area contributed by atoms with Gasteiger partial charge in [-0.2, -0.15) is 5.10 Å². The zero-order valence-corrected chi connectivity index (χ0v) is 19.3. The van der Waals surface area contributed by atoms with Crippen molar-refractivity contribution in [3.05, 3.63) is 42.2 Å². The summed E-state index contributed by atoms with van der Waals surface area (Å²) in [6, 6.07) is 7.64. The summed E-state index contributed by atoms with van der Waals surface area (Å²) < 4.78 is 13.0. The van der Waals surface area contributed by atoms with Crippen molar-refractivity contribution in [1.82, 2.24) is 20.0 Å². The Balaban J connectivity index is 0.00000280. The van der Waals surface area contributed by atoms with E-state index >= 15 is 0 Å². The van der Waals surface area contributed by atoms with Crippen molar-refractivity contribution in [3.63, 3.8) is 0 Å². The molecule has 1 aromatic carbocycles. The van der Waals surface area contributed by atoms with Crippen molar-refractivity contribution in [1.29, 1.82) is 0 Å². The van der Waals surface area contributed by atoms with Gasteiger partial charge in [0.25, 0.3) is 0 Å². The van der Waals surface area contributed by atoms with Crippen molar-refractivity contribution in [3.8, 4) is 11.5 Å². The average molecular weight is 499 g/mol. The largest absolute Gasteiger partial charge is 0.497 e. The zero-order valence-electron chi connectivity index (χ0n) is 17.0. The van der Waals surface area contributed by atoms with Gasteiger partial charge in [-0.3, -0.25) is 9.67 Å². The molecule has 0 amide bonds. The first-order valence-electron chi connectivity index (χ1n) is 9.34. The van der Waals surface area contributed by atoms with Crippen LogP contribution in [0.4, 0.5) is 0 Å². The highest BCUT2D eigenvalue weighted by Gasteiger charge is 2.27. The molecule has 7 nitrogen and oxygen atoms in total. The SMILES string of the molecule is CN=C(NCC(C)Oc1ccc(OC)cc1)N1CCC(c2cnn(C)c2)C1.I. The Morgan fingerprint density at radius 2 is 2.04 bits per heavy atom. The van der Waals surface area contributed by atoms with Crippen LogP contribution < -0.4 is 14.8 Å².